The normalized spacial score (nSPS) is 11.6. The average Bonchev–Trinajstić information content (AvgIpc) is 2.73. The van der Waals surface area contributed by atoms with Gasteiger partial charge in [0.05, 0.1) is 5.69 Å². The number of hydrogen-bond acceptors (Lipinski definition) is 2. The minimum Gasteiger partial charge on any atom is -0.296 e. The van der Waals surface area contributed by atoms with Crippen molar-refractivity contribution < 1.29 is 18.0 Å². The van der Waals surface area contributed by atoms with E-state index in [4.69, 9.17) is 0 Å². The molecule has 2 rings (SSSR count). The SMILES string of the molecule is O=Cc1cc(C(F)(F)F)nn1-c1ccccc1Br. The lowest BCUT2D eigenvalue weighted by molar-refractivity contribution is -0.141. The molecule has 0 unspecified atom stereocenters. The van der Waals surface area contributed by atoms with Crippen molar-refractivity contribution in [3.8, 4) is 5.69 Å². The fourth-order valence-corrected chi connectivity index (χ4v) is 1.89. The minimum absolute atomic E-state index is 0.158. The molecule has 0 bridgehead atoms. The lowest BCUT2D eigenvalue weighted by Crippen LogP contribution is -2.07. The Morgan fingerprint density at radius 2 is 1.94 bits per heavy atom. The summed E-state index contributed by atoms with van der Waals surface area (Å²) in [6, 6.07) is 7.28. The Morgan fingerprint density at radius 1 is 1.28 bits per heavy atom. The van der Waals surface area contributed by atoms with E-state index in [1.54, 1.807) is 24.3 Å². The van der Waals surface area contributed by atoms with Crippen LogP contribution in [0.3, 0.4) is 0 Å². The second-order valence-corrected chi connectivity index (χ2v) is 4.29. The van der Waals surface area contributed by atoms with Crippen molar-refractivity contribution in [1.29, 1.82) is 0 Å². The summed E-state index contributed by atoms with van der Waals surface area (Å²) < 4.78 is 39.1. The molecule has 3 nitrogen and oxygen atoms in total. The van der Waals surface area contributed by atoms with E-state index >= 15 is 0 Å². The number of para-hydroxylation sites is 1. The molecule has 0 N–H and O–H groups in total. The van der Waals surface area contributed by atoms with Crippen LogP contribution in [-0.4, -0.2) is 16.1 Å². The highest BCUT2D eigenvalue weighted by atomic mass is 79.9. The predicted molar refractivity (Wildman–Crippen MR) is 61.7 cm³/mol. The molecule has 0 atom stereocenters. The van der Waals surface area contributed by atoms with Gasteiger partial charge in [0.2, 0.25) is 0 Å². The van der Waals surface area contributed by atoms with Crippen molar-refractivity contribution in [3.63, 3.8) is 0 Å². The van der Waals surface area contributed by atoms with Crippen LogP contribution in [0.15, 0.2) is 34.8 Å². The number of carbonyl (C=O) groups excluding carboxylic acids is 1. The van der Waals surface area contributed by atoms with E-state index in [2.05, 4.69) is 21.0 Å². The zero-order valence-electron chi connectivity index (χ0n) is 8.78. The van der Waals surface area contributed by atoms with Crippen molar-refractivity contribution in [2.24, 2.45) is 0 Å². The van der Waals surface area contributed by atoms with Gasteiger partial charge in [-0.05, 0) is 34.1 Å². The van der Waals surface area contributed by atoms with Crippen LogP contribution in [0, 0.1) is 0 Å². The van der Waals surface area contributed by atoms with E-state index in [9.17, 15) is 18.0 Å². The van der Waals surface area contributed by atoms with Crippen LogP contribution in [0.5, 0.6) is 0 Å². The minimum atomic E-state index is -4.58. The van der Waals surface area contributed by atoms with Crippen LogP contribution in [-0.2, 0) is 6.18 Å². The first-order valence-electron chi connectivity index (χ1n) is 4.81. The predicted octanol–water partition coefficient (Wildman–Crippen LogP) is 3.47. The number of halogens is 4. The van der Waals surface area contributed by atoms with E-state index in [1.807, 2.05) is 0 Å². The van der Waals surface area contributed by atoms with Crippen molar-refractivity contribution >= 4 is 22.2 Å². The van der Waals surface area contributed by atoms with Crippen molar-refractivity contribution in [1.82, 2.24) is 9.78 Å². The topological polar surface area (TPSA) is 34.9 Å². The number of hydrogen-bond donors (Lipinski definition) is 0. The summed E-state index contributed by atoms with van der Waals surface area (Å²) in [5.41, 5.74) is -0.885. The van der Waals surface area contributed by atoms with Crippen LogP contribution in [0.2, 0.25) is 0 Å². The second kappa shape index (κ2) is 4.56. The first-order chi connectivity index (χ1) is 8.43. The maximum absolute atomic E-state index is 12.5. The highest BCUT2D eigenvalue weighted by Crippen LogP contribution is 2.30. The van der Waals surface area contributed by atoms with Gasteiger partial charge in [-0.3, -0.25) is 4.79 Å². The molecule has 0 saturated carbocycles. The summed E-state index contributed by atoms with van der Waals surface area (Å²) >= 11 is 3.20. The third-order valence-corrected chi connectivity index (χ3v) is 2.90. The molecule has 0 fully saturated rings. The fourth-order valence-electron chi connectivity index (χ4n) is 1.43. The molecule has 0 aliphatic heterocycles. The van der Waals surface area contributed by atoms with E-state index in [-0.39, 0.29) is 5.69 Å². The Balaban J connectivity index is 2.61. The quantitative estimate of drug-likeness (QED) is 0.795. The monoisotopic (exact) mass is 318 g/mol. The number of aldehydes is 1. The number of carbonyl (C=O) groups is 1. The summed E-state index contributed by atoms with van der Waals surface area (Å²) in [5.74, 6) is 0. The maximum Gasteiger partial charge on any atom is 0.435 e. The van der Waals surface area contributed by atoms with Gasteiger partial charge in [-0.2, -0.15) is 18.3 Å². The summed E-state index contributed by atoms with van der Waals surface area (Å²) in [7, 11) is 0. The number of rotatable bonds is 2. The summed E-state index contributed by atoms with van der Waals surface area (Å²) in [6.45, 7) is 0. The van der Waals surface area contributed by atoms with Crippen molar-refractivity contribution in [2.75, 3.05) is 0 Å². The molecule has 0 spiro atoms. The maximum atomic E-state index is 12.5. The zero-order valence-corrected chi connectivity index (χ0v) is 10.4. The zero-order chi connectivity index (χ0) is 13.3. The second-order valence-electron chi connectivity index (χ2n) is 3.43. The molecule has 1 aromatic heterocycles. The molecule has 1 heterocycles. The van der Waals surface area contributed by atoms with Gasteiger partial charge in [0.15, 0.2) is 12.0 Å². The van der Waals surface area contributed by atoms with Crippen LogP contribution in [0.1, 0.15) is 16.2 Å². The highest BCUT2D eigenvalue weighted by molar-refractivity contribution is 9.10. The van der Waals surface area contributed by atoms with E-state index in [0.717, 1.165) is 4.68 Å². The molecular formula is C11H6BrF3N2O. The number of benzene rings is 1. The first-order valence-corrected chi connectivity index (χ1v) is 5.60. The van der Waals surface area contributed by atoms with E-state index in [1.165, 1.54) is 0 Å². The van der Waals surface area contributed by atoms with Crippen LogP contribution >= 0.6 is 15.9 Å². The Kier molecular flexibility index (Phi) is 3.25. The van der Waals surface area contributed by atoms with E-state index in [0.29, 0.717) is 22.5 Å². The smallest absolute Gasteiger partial charge is 0.296 e. The average molecular weight is 319 g/mol. The Bertz CT molecular complexity index is 592. The molecule has 0 aliphatic carbocycles. The molecular weight excluding hydrogens is 313 g/mol. The Morgan fingerprint density at radius 3 is 2.50 bits per heavy atom. The van der Waals surface area contributed by atoms with Gasteiger partial charge in [-0.1, -0.05) is 12.1 Å². The molecule has 94 valence electrons. The molecule has 0 radical (unpaired) electrons. The number of alkyl halides is 3. The van der Waals surface area contributed by atoms with Gasteiger partial charge >= 0.3 is 6.18 Å². The highest BCUT2D eigenvalue weighted by Gasteiger charge is 2.35. The van der Waals surface area contributed by atoms with Gasteiger partial charge in [0.1, 0.15) is 5.69 Å². The van der Waals surface area contributed by atoms with Gasteiger partial charge in [0.25, 0.3) is 0 Å². The van der Waals surface area contributed by atoms with Crippen molar-refractivity contribution in [2.45, 2.75) is 6.18 Å². The fraction of sp³-hybridized carbons (Fsp3) is 0.0909. The largest absolute Gasteiger partial charge is 0.435 e. The van der Waals surface area contributed by atoms with Crippen molar-refractivity contribution in [3.05, 3.63) is 46.2 Å². The summed E-state index contributed by atoms with van der Waals surface area (Å²) in [4.78, 5) is 10.8. The van der Waals surface area contributed by atoms with Gasteiger partial charge in [-0.25, -0.2) is 4.68 Å². The number of aromatic nitrogens is 2. The molecule has 18 heavy (non-hydrogen) atoms. The molecule has 7 heteroatoms. The van der Waals surface area contributed by atoms with Gasteiger partial charge in [0, 0.05) is 4.47 Å². The number of nitrogens with zero attached hydrogens (tertiary/aromatic N) is 2. The van der Waals surface area contributed by atoms with Crippen LogP contribution in [0.4, 0.5) is 13.2 Å². The lowest BCUT2D eigenvalue weighted by Gasteiger charge is -2.06. The van der Waals surface area contributed by atoms with Crippen LogP contribution in [0.25, 0.3) is 5.69 Å². The lowest BCUT2D eigenvalue weighted by atomic mass is 10.3. The Labute approximate surface area is 108 Å². The Hall–Kier alpha value is -1.63. The third-order valence-electron chi connectivity index (χ3n) is 2.23. The summed E-state index contributed by atoms with van der Waals surface area (Å²) in [5, 5.41) is 3.41. The molecule has 2 aromatic rings. The molecule has 0 saturated heterocycles. The van der Waals surface area contributed by atoms with Gasteiger partial charge < -0.3 is 0 Å². The molecule has 1 aromatic carbocycles. The third kappa shape index (κ3) is 2.31. The van der Waals surface area contributed by atoms with Crippen LogP contribution < -0.4 is 0 Å². The van der Waals surface area contributed by atoms with E-state index < -0.39 is 11.9 Å². The molecule has 0 aliphatic rings. The molecule has 0 amide bonds. The summed E-state index contributed by atoms with van der Waals surface area (Å²) in [6.07, 6.45) is -4.24. The standard InChI is InChI=1S/C11H6BrF3N2O/c12-8-3-1-2-4-9(8)17-7(6-18)5-10(16-17)11(13,14)15/h1-6H. The first kappa shape index (κ1) is 12.8. The van der Waals surface area contributed by atoms with Gasteiger partial charge in [-0.15, -0.1) is 0 Å².